The SMILES string of the molecule is COC[C@H](OC)[C@H]1O[C@H]2[C@H](OC(=O)[C@H]2NN(c2ccccc2)c2ccccc2)[C@H]1OC. The Morgan fingerprint density at radius 1 is 0.968 bits per heavy atom. The molecule has 2 aliphatic heterocycles. The first-order valence-corrected chi connectivity index (χ1v) is 10.2. The lowest BCUT2D eigenvalue weighted by atomic mass is 10.0. The number of nitrogens with one attached hydrogen (secondary N) is 1. The van der Waals surface area contributed by atoms with Crippen LogP contribution >= 0.6 is 0 Å². The van der Waals surface area contributed by atoms with Crippen molar-refractivity contribution in [2.45, 2.75) is 36.6 Å². The van der Waals surface area contributed by atoms with Crippen LogP contribution < -0.4 is 10.4 Å². The largest absolute Gasteiger partial charge is 0.455 e. The van der Waals surface area contributed by atoms with Crippen molar-refractivity contribution < 1.29 is 28.5 Å². The van der Waals surface area contributed by atoms with E-state index >= 15 is 0 Å². The van der Waals surface area contributed by atoms with Crippen molar-refractivity contribution in [2.75, 3.05) is 32.9 Å². The van der Waals surface area contributed by atoms with E-state index in [1.54, 1.807) is 21.3 Å². The number of hydrogen-bond donors (Lipinski definition) is 1. The summed E-state index contributed by atoms with van der Waals surface area (Å²) in [6.07, 6.45) is -2.30. The molecule has 0 spiro atoms. The number of esters is 1. The van der Waals surface area contributed by atoms with Crippen LogP contribution in [0.1, 0.15) is 0 Å². The molecule has 2 saturated heterocycles. The summed E-state index contributed by atoms with van der Waals surface area (Å²) >= 11 is 0. The Morgan fingerprint density at radius 2 is 1.58 bits per heavy atom. The molecule has 2 aromatic carbocycles. The number of para-hydroxylation sites is 2. The molecule has 2 aliphatic rings. The molecule has 0 amide bonds. The maximum Gasteiger partial charge on any atom is 0.328 e. The molecule has 0 radical (unpaired) electrons. The number of hydrogen-bond acceptors (Lipinski definition) is 8. The Kier molecular flexibility index (Phi) is 6.84. The second-order valence-electron chi connectivity index (χ2n) is 7.51. The third-order valence-electron chi connectivity index (χ3n) is 5.69. The summed E-state index contributed by atoms with van der Waals surface area (Å²) in [5.74, 6) is -0.381. The number of nitrogens with zero attached hydrogens (tertiary/aromatic N) is 1. The lowest BCUT2D eigenvalue weighted by molar-refractivity contribution is -0.153. The second-order valence-corrected chi connectivity index (χ2v) is 7.51. The molecule has 0 unspecified atom stereocenters. The van der Waals surface area contributed by atoms with Gasteiger partial charge in [0.2, 0.25) is 0 Å². The Balaban J connectivity index is 1.60. The number of benzene rings is 2. The molecule has 4 rings (SSSR count). The first kappa shape index (κ1) is 21.7. The van der Waals surface area contributed by atoms with Gasteiger partial charge in [0.25, 0.3) is 0 Å². The number of carbonyl (C=O) groups excluding carboxylic acids is 1. The Hall–Kier alpha value is -2.49. The lowest BCUT2D eigenvalue weighted by Gasteiger charge is -2.30. The normalized spacial score (nSPS) is 28.2. The minimum absolute atomic E-state index is 0.340. The Labute approximate surface area is 182 Å². The van der Waals surface area contributed by atoms with Crippen LogP contribution in [-0.4, -0.2) is 70.5 Å². The van der Waals surface area contributed by atoms with Crippen LogP contribution in [0.15, 0.2) is 60.7 Å². The van der Waals surface area contributed by atoms with Crippen LogP contribution in [0.4, 0.5) is 11.4 Å². The average molecular weight is 428 g/mol. The summed E-state index contributed by atoms with van der Waals surface area (Å²) in [5, 5.41) is 1.87. The zero-order valence-electron chi connectivity index (χ0n) is 17.8. The summed E-state index contributed by atoms with van der Waals surface area (Å²) in [5.41, 5.74) is 5.10. The van der Waals surface area contributed by atoms with Gasteiger partial charge in [-0.2, -0.15) is 0 Å². The Morgan fingerprint density at radius 3 is 2.10 bits per heavy atom. The van der Waals surface area contributed by atoms with Crippen LogP contribution in [0.3, 0.4) is 0 Å². The van der Waals surface area contributed by atoms with Gasteiger partial charge in [-0.1, -0.05) is 36.4 Å². The minimum Gasteiger partial charge on any atom is -0.455 e. The molecular weight excluding hydrogens is 400 g/mol. The van der Waals surface area contributed by atoms with E-state index in [1.165, 1.54) is 0 Å². The molecule has 2 fully saturated rings. The molecule has 31 heavy (non-hydrogen) atoms. The highest BCUT2D eigenvalue weighted by Crippen LogP contribution is 2.36. The summed E-state index contributed by atoms with van der Waals surface area (Å²) in [6.45, 7) is 0.340. The van der Waals surface area contributed by atoms with Crippen LogP contribution in [0.5, 0.6) is 0 Å². The van der Waals surface area contributed by atoms with Gasteiger partial charge in [0.05, 0.1) is 18.0 Å². The molecule has 0 aromatic heterocycles. The number of carbonyl (C=O) groups is 1. The molecule has 2 heterocycles. The van der Waals surface area contributed by atoms with Crippen molar-refractivity contribution in [1.82, 2.24) is 5.43 Å². The number of fused-ring (bicyclic) bond motifs is 1. The molecule has 8 nitrogen and oxygen atoms in total. The molecule has 0 saturated carbocycles. The zero-order valence-corrected chi connectivity index (χ0v) is 17.8. The van der Waals surface area contributed by atoms with E-state index < -0.39 is 30.5 Å². The van der Waals surface area contributed by atoms with E-state index in [1.807, 2.05) is 65.7 Å². The first-order valence-electron chi connectivity index (χ1n) is 10.2. The molecule has 0 aliphatic carbocycles. The van der Waals surface area contributed by atoms with Gasteiger partial charge in [0.15, 0.2) is 12.1 Å². The second kappa shape index (κ2) is 9.76. The lowest BCUT2D eigenvalue weighted by Crippen LogP contribution is -2.51. The maximum absolute atomic E-state index is 12.8. The van der Waals surface area contributed by atoms with Crippen LogP contribution in [0, 0.1) is 0 Å². The monoisotopic (exact) mass is 428 g/mol. The zero-order chi connectivity index (χ0) is 21.8. The van der Waals surface area contributed by atoms with Gasteiger partial charge in [-0.25, -0.2) is 5.43 Å². The topological polar surface area (TPSA) is 78.5 Å². The first-order chi connectivity index (χ1) is 15.2. The van der Waals surface area contributed by atoms with Crippen molar-refractivity contribution in [2.24, 2.45) is 0 Å². The molecule has 2 aromatic rings. The van der Waals surface area contributed by atoms with E-state index in [2.05, 4.69) is 5.43 Å². The molecule has 8 heteroatoms. The maximum atomic E-state index is 12.8. The van der Waals surface area contributed by atoms with Crippen molar-refractivity contribution in [3.05, 3.63) is 60.7 Å². The van der Waals surface area contributed by atoms with Crippen molar-refractivity contribution >= 4 is 17.3 Å². The van der Waals surface area contributed by atoms with Crippen molar-refractivity contribution in [1.29, 1.82) is 0 Å². The van der Waals surface area contributed by atoms with E-state index in [0.29, 0.717) is 6.61 Å². The standard InChI is InChI=1S/C23H28N2O6/c1-27-14-17(28-2)19-21(29-3)22-20(30-19)18(23(26)31-22)24-25(15-10-6-4-7-11-15)16-12-8-5-9-13-16/h4-13,17-22,24H,14H2,1-3H3/t17-,18-,19+,20+,21-,22-/m0/s1. The average Bonchev–Trinajstić information content (AvgIpc) is 3.31. The summed E-state index contributed by atoms with van der Waals surface area (Å²) in [7, 11) is 4.78. The van der Waals surface area contributed by atoms with Gasteiger partial charge in [-0.15, -0.1) is 0 Å². The van der Waals surface area contributed by atoms with Crippen molar-refractivity contribution in [3.8, 4) is 0 Å². The van der Waals surface area contributed by atoms with Gasteiger partial charge in [-0.3, -0.25) is 9.80 Å². The van der Waals surface area contributed by atoms with Gasteiger partial charge in [-0.05, 0) is 24.3 Å². The van der Waals surface area contributed by atoms with Gasteiger partial charge >= 0.3 is 5.97 Å². The fourth-order valence-electron chi connectivity index (χ4n) is 4.20. The quantitative estimate of drug-likeness (QED) is 0.481. The third-order valence-corrected chi connectivity index (χ3v) is 5.69. The number of rotatable bonds is 9. The molecule has 6 atom stereocenters. The molecule has 0 bridgehead atoms. The number of hydrazine groups is 1. The number of ether oxygens (including phenoxy) is 5. The summed E-state index contributed by atoms with van der Waals surface area (Å²) in [4.78, 5) is 12.8. The van der Waals surface area contributed by atoms with E-state index in [0.717, 1.165) is 11.4 Å². The molecular formula is C23H28N2O6. The fraction of sp³-hybridized carbons (Fsp3) is 0.435. The number of anilines is 2. The predicted molar refractivity (Wildman–Crippen MR) is 114 cm³/mol. The molecule has 1 N–H and O–H groups in total. The highest BCUT2D eigenvalue weighted by atomic mass is 16.7. The molecule has 166 valence electrons. The smallest absolute Gasteiger partial charge is 0.328 e. The third kappa shape index (κ3) is 4.30. The number of methoxy groups -OCH3 is 3. The van der Waals surface area contributed by atoms with Crippen molar-refractivity contribution in [3.63, 3.8) is 0 Å². The summed E-state index contributed by atoms with van der Waals surface area (Å²) < 4.78 is 28.5. The fourth-order valence-corrected chi connectivity index (χ4v) is 4.20. The van der Waals surface area contributed by atoms with Gasteiger partial charge in [0.1, 0.15) is 24.4 Å². The minimum atomic E-state index is -0.715. The predicted octanol–water partition coefficient (Wildman–Crippen LogP) is 2.07. The van der Waals surface area contributed by atoms with Crippen LogP contribution in [0.2, 0.25) is 0 Å². The van der Waals surface area contributed by atoms with E-state index in [4.69, 9.17) is 23.7 Å². The van der Waals surface area contributed by atoms with Crippen LogP contribution in [0.25, 0.3) is 0 Å². The highest BCUT2D eigenvalue weighted by molar-refractivity contribution is 5.80. The van der Waals surface area contributed by atoms with E-state index in [-0.39, 0.29) is 12.1 Å². The van der Waals surface area contributed by atoms with Crippen LogP contribution in [-0.2, 0) is 28.5 Å². The van der Waals surface area contributed by atoms with Gasteiger partial charge < -0.3 is 23.7 Å². The summed E-state index contributed by atoms with van der Waals surface area (Å²) in [6, 6.07) is 18.8. The Bertz CT molecular complexity index is 812. The van der Waals surface area contributed by atoms with E-state index in [9.17, 15) is 4.79 Å². The highest BCUT2D eigenvalue weighted by Gasteiger charge is 2.59. The van der Waals surface area contributed by atoms with Gasteiger partial charge in [0, 0.05) is 21.3 Å².